The van der Waals surface area contributed by atoms with Crippen LogP contribution in [-0.2, 0) is 0 Å². The van der Waals surface area contributed by atoms with Crippen molar-refractivity contribution in [3.05, 3.63) is 194 Å². The van der Waals surface area contributed by atoms with Gasteiger partial charge in [-0.1, -0.05) is 152 Å². The Morgan fingerprint density at radius 3 is 1.36 bits per heavy atom. The SMILES string of the molecule is c1ccc(-c2cc(-c3ccccc3)cc(-c3cccc(-c4cccc(-c5nc(-c6ccccc6)nc6oc7cc8ccccc8cc7c56)c4)c3)c2)cc1. The Labute approximate surface area is 307 Å². The van der Waals surface area contributed by atoms with E-state index in [0.29, 0.717) is 11.5 Å². The van der Waals surface area contributed by atoms with Crippen molar-refractivity contribution in [3.8, 4) is 67.2 Å². The molecule has 2 aromatic heterocycles. The topological polar surface area (TPSA) is 38.9 Å². The molecular formula is C50H32N2O. The third-order valence-corrected chi connectivity index (χ3v) is 10.0. The van der Waals surface area contributed by atoms with Crippen LogP contribution in [0.2, 0.25) is 0 Å². The van der Waals surface area contributed by atoms with Crippen LogP contribution in [0.5, 0.6) is 0 Å². The molecule has 0 atom stereocenters. The van der Waals surface area contributed by atoms with Crippen LogP contribution < -0.4 is 0 Å². The fourth-order valence-electron chi connectivity index (χ4n) is 7.40. The monoisotopic (exact) mass is 676 g/mol. The number of hydrogen-bond acceptors (Lipinski definition) is 3. The molecule has 3 heteroatoms. The highest BCUT2D eigenvalue weighted by molar-refractivity contribution is 6.14. The predicted octanol–water partition coefficient (Wildman–Crippen LogP) is 13.5. The van der Waals surface area contributed by atoms with Crippen molar-refractivity contribution >= 4 is 32.8 Å². The molecule has 0 aliphatic heterocycles. The number of nitrogens with zero attached hydrogens (tertiary/aromatic N) is 2. The normalized spacial score (nSPS) is 11.4. The number of benzene rings is 8. The van der Waals surface area contributed by atoms with E-state index >= 15 is 0 Å². The van der Waals surface area contributed by atoms with Crippen molar-refractivity contribution in [2.24, 2.45) is 0 Å². The lowest BCUT2D eigenvalue weighted by Gasteiger charge is -2.13. The summed E-state index contributed by atoms with van der Waals surface area (Å²) in [6, 6.07) is 68.4. The molecule has 0 fully saturated rings. The number of hydrogen-bond donors (Lipinski definition) is 0. The molecule has 0 saturated heterocycles. The van der Waals surface area contributed by atoms with Gasteiger partial charge in [0, 0.05) is 16.5 Å². The molecule has 0 aliphatic carbocycles. The number of furan rings is 1. The van der Waals surface area contributed by atoms with Crippen molar-refractivity contribution in [1.29, 1.82) is 0 Å². The van der Waals surface area contributed by atoms with Crippen molar-refractivity contribution in [3.63, 3.8) is 0 Å². The Balaban J connectivity index is 1.12. The van der Waals surface area contributed by atoms with Gasteiger partial charge in [-0.2, -0.15) is 4.98 Å². The Morgan fingerprint density at radius 2 is 0.755 bits per heavy atom. The Hall–Kier alpha value is -7.10. The molecule has 8 aromatic carbocycles. The summed E-state index contributed by atoms with van der Waals surface area (Å²) in [7, 11) is 0. The molecule has 0 radical (unpaired) electrons. The van der Waals surface area contributed by atoms with Gasteiger partial charge in [-0.3, -0.25) is 0 Å². The second-order valence-corrected chi connectivity index (χ2v) is 13.4. The first-order chi connectivity index (χ1) is 26.2. The van der Waals surface area contributed by atoms with Gasteiger partial charge in [0.15, 0.2) is 5.82 Å². The van der Waals surface area contributed by atoms with E-state index in [0.717, 1.165) is 60.6 Å². The van der Waals surface area contributed by atoms with Crippen LogP contribution in [0.3, 0.4) is 0 Å². The van der Waals surface area contributed by atoms with E-state index < -0.39 is 0 Å². The standard InChI is InChI=1S/C50H32N2O/c1-4-14-33(15-5-1)42-28-43(34-16-6-2-7-17-34)30-44(29-42)38-24-12-22-36(26-38)37-23-13-25-41(27-37)48-47-45-31-39-20-10-11-21-40(39)32-46(45)53-50(47)52-49(51-48)35-18-8-3-9-19-35/h1-32H. The molecule has 2 heterocycles. The molecule has 10 rings (SSSR count). The van der Waals surface area contributed by atoms with Gasteiger partial charge in [-0.05, 0) is 97.7 Å². The molecule has 0 N–H and O–H groups in total. The van der Waals surface area contributed by atoms with Crippen LogP contribution in [0, 0.1) is 0 Å². The van der Waals surface area contributed by atoms with Gasteiger partial charge in [0.25, 0.3) is 0 Å². The van der Waals surface area contributed by atoms with E-state index in [4.69, 9.17) is 14.4 Å². The summed E-state index contributed by atoms with van der Waals surface area (Å²) in [6.45, 7) is 0. The van der Waals surface area contributed by atoms with Crippen LogP contribution in [-0.4, -0.2) is 9.97 Å². The molecule has 0 saturated carbocycles. The Bertz CT molecular complexity index is 2870. The van der Waals surface area contributed by atoms with Crippen LogP contribution in [0.25, 0.3) is 100.0 Å². The lowest BCUT2D eigenvalue weighted by atomic mass is 9.92. The van der Waals surface area contributed by atoms with Crippen LogP contribution in [0.15, 0.2) is 199 Å². The van der Waals surface area contributed by atoms with Crippen LogP contribution >= 0.6 is 0 Å². The minimum atomic E-state index is 0.582. The first-order valence-corrected chi connectivity index (χ1v) is 17.9. The van der Waals surface area contributed by atoms with Gasteiger partial charge < -0.3 is 4.42 Å². The lowest BCUT2D eigenvalue weighted by molar-refractivity contribution is 0.654. The van der Waals surface area contributed by atoms with Gasteiger partial charge in [0.05, 0.1) is 11.1 Å². The van der Waals surface area contributed by atoms with Gasteiger partial charge in [-0.25, -0.2) is 4.98 Å². The molecule has 0 spiro atoms. The summed E-state index contributed by atoms with van der Waals surface area (Å²) in [4.78, 5) is 10.2. The maximum atomic E-state index is 6.50. The zero-order chi connectivity index (χ0) is 35.1. The van der Waals surface area contributed by atoms with E-state index in [1.165, 1.54) is 27.8 Å². The first-order valence-electron chi connectivity index (χ1n) is 17.9. The maximum absolute atomic E-state index is 6.50. The fourth-order valence-corrected chi connectivity index (χ4v) is 7.40. The van der Waals surface area contributed by atoms with E-state index in [9.17, 15) is 0 Å². The van der Waals surface area contributed by atoms with E-state index in [1.807, 2.05) is 30.3 Å². The highest BCUT2D eigenvalue weighted by Gasteiger charge is 2.19. The smallest absolute Gasteiger partial charge is 0.231 e. The van der Waals surface area contributed by atoms with Gasteiger partial charge >= 0.3 is 0 Å². The maximum Gasteiger partial charge on any atom is 0.231 e. The third-order valence-electron chi connectivity index (χ3n) is 10.0. The fraction of sp³-hybridized carbons (Fsp3) is 0. The van der Waals surface area contributed by atoms with Gasteiger partial charge in [0.1, 0.15) is 5.58 Å². The van der Waals surface area contributed by atoms with Crippen molar-refractivity contribution in [1.82, 2.24) is 9.97 Å². The minimum absolute atomic E-state index is 0.582. The quantitative estimate of drug-likeness (QED) is 0.176. The Kier molecular flexibility index (Phi) is 7.47. The summed E-state index contributed by atoms with van der Waals surface area (Å²) in [5, 5.41) is 4.21. The van der Waals surface area contributed by atoms with E-state index in [1.54, 1.807) is 0 Å². The average Bonchev–Trinajstić information content (AvgIpc) is 3.60. The summed E-state index contributed by atoms with van der Waals surface area (Å²) in [5.74, 6) is 0.636. The molecule has 0 amide bonds. The van der Waals surface area contributed by atoms with Crippen molar-refractivity contribution in [2.75, 3.05) is 0 Å². The summed E-state index contributed by atoms with van der Waals surface area (Å²) < 4.78 is 6.50. The van der Waals surface area contributed by atoms with Gasteiger partial charge in [0.2, 0.25) is 5.71 Å². The highest BCUT2D eigenvalue weighted by Crippen LogP contribution is 2.40. The summed E-state index contributed by atoms with van der Waals surface area (Å²) >= 11 is 0. The van der Waals surface area contributed by atoms with E-state index in [-0.39, 0.29) is 0 Å². The number of rotatable bonds is 6. The largest absolute Gasteiger partial charge is 0.438 e. The molecular weight excluding hydrogens is 645 g/mol. The average molecular weight is 677 g/mol. The zero-order valence-corrected chi connectivity index (χ0v) is 28.8. The third kappa shape index (κ3) is 5.75. The second kappa shape index (κ2) is 12.9. The van der Waals surface area contributed by atoms with Crippen LogP contribution in [0.4, 0.5) is 0 Å². The van der Waals surface area contributed by atoms with Gasteiger partial charge in [-0.15, -0.1) is 0 Å². The summed E-state index contributed by atoms with van der Waals surface area (Å²) in [6.07, 6.45) is 0. The first kappa shape index (κ1) is 30.7. The Morgan fingerprint density at radius 1 is 0.321 bits per heavy atom. The lowest BCUT2D eigenvalue weighted by Crippen LogP contribution is -1.94. The minimum Gasteiger partial charge on any atom is -0.438 e. The molecule has 0 aliphatic rings. The van der Waals surface area contributed by atoms with Crippen molar-refractivity contribution < 1.29 is 4.42 Å². The predicted molar refractivity (Wildman–Crippen MR) is 219 cm³/mol. The van der Waals surface area contributed by atoms with E-state index in [2.05, 4.69) is 164 Å². The molecule has 53 heavy (non-hydrogen) atoms. The molecule has 248 valence electrons. The van der Waals surface area contributed by atoms with Crippen LogP contribution in [0.1, 0.15) is 0 Å². The molecule has 0 bridgehead atoms. The zero-order valence-electron chi connectivity index (χ0n) is 28.8. The second-order valence-electron chi connectivity index (χ2n) is 13.4. The molecule has 3 nitrogen and oxygen atoms in total. The molecule has 10 aromatic rings. The molecule has 0 unspecified atom stereocenters. The number of fused-ring (bicyclic) bond motifs is 4. The summed E-state index contributed by atoms with van der Waals surface area (Å²) in [5.41, 5.74) is 13.5. The highest BCUT2D eigenvalue weighted by atomic mass is 16.3. The van der Waals surface area contributed by atoms with Crippen molar-refractivity contribution in [2.45, 2.75) is 0 Å². The number of aromatic nitrogens is 2.